The molecule has 0 spiro atoms. The van der Waals surface area contributed by atoms with Gasteiger partial charge in [-0.25, -0.2) is 0 Å². The van der Waals surface area contributed by atoms with E-state index >= 15 is 0 Å². The van der Waals surface area contributed by atoms with Gasteiger partial charge in [-0.1, -0.05) is 44.6 Å². The van der Waals surface area contributed by atoms with Gasteiger partial charge in [0.05, 0.1) is 5.41 Å². The van der Waals surface area contributed by atoms with Crippen molar-refractivity contribution < 1.29 is 23.5 Å². The molecule has 1 heterocycles. The first-order valence-electron chi connectivity index (χ1n) is 6.04. The van der Waals surface area contributed by atoms with Gasteiger partial charge in [-0.2, -0.15) is 0 Å². The topological polar surface area (TPSA) is 65.0 Å². The van der Waals surface area contributed by atoms with Crippen LogP contribution in [-0.2, 0) is 18.6 Å². The van der Waals surface area contributed by atoms with Crippen molar-refractivity contribution in [1.29, 1.82) is 0 Å². The maximum atomic E-state index is 10.9. The molecular formula is C11H22O5P+. The van der Waals surface area contributed by atoms with Crippen LogP contribution in [0.4, 0.5) is 0 Å². The SMILES string of the molecule is CCCCCC(C)(C)C1(O[P+](=O)O)OC(C)O1. The van der Waals surface area contributed by atoms with Crippen LogP contribution in [0.1, 0.15) is 53.4 Å². The summed E-state index contributed by atoms with van der Waals surface area (Å²) >= 11 is 0. The molecule has 5 nitrogen and oxygen atoms in total. The van der Waals surface area contributed by atoms with Gasteiger partial charge >= 0.3 is 14.2 Å². The van der Waals surface area contributed by atoms with Crippen molar-refractivity contribution in [3.63, 3.8) is 0 Å². The predicted molar refractivity (Wildman–Crippen MR) is 63.2 cm³/mol. The standard InChI is InChI=1S/C11H21O5P/c1-5-6-7-8-10(3,4)11(16-17(12)13)14-9(2)15-11/h9H,5-8H2,1-4H3/p+1. The minimum Gasteiger partial charge on any atom is -0.294 e. The zero-order valence-corrected chi connectivity index (χ0v) is 11.8. The highest BCUT2D eigenvalue weighted by atomic mass is 31.1. The number of hydrogen-bond acceptors (Lipinski definition) is 4. The predicted octanol–water partition coefficient (Wildman–Crippen LogP) is 3.31. The van der Waals surface area contributed by atoms with Gasteiger partial charge < -0.3 is 0 Å². The largest absolute Gasteiger partial charge is 0.700 e. The maximum Gasteiger partial charge on any atom is 0.700 e. The zero-order valence-electron chi connectivity index (χ0n) is 10.9. The van der Waals surface area contributed by atoms with Crippen molar-refractivity contribution in [2.45, 2.75) is 65.6 Å². The van der Waals surface area contributed by atoms with E-state index in [4.69, 9.17) is 18.9 Å². The quantitative estimate of drug-likeness (QED) is 0.565. The van der Waals surface area contributed by atoms with E-state index in [1.54, 1.807) is 6.92 Å². The van der Waals surface area contributed by atoms with Crippen molar-refractivity contribution in [2.75, 3.05) is 0 Å². The number of unbranched alkanes of at least 4 members (excludes halogenated alkanes) is 2. The summed E-state index contributed by atoms with van der Waals surface area (Å²) in [7, 11) is -2.74. The Labute approximate surface area is 103 Å². The van der Waals surface area contributed by atoms with Crippen LogP contribution in [-0.4, -0.2) is 17.2 Å². The van der Waals surface area contributed by atoms with E-state index in [1.165, 1.54) is 0 Å². The molecule has 0 radical (unpaired) electrons. The minimum atomic E-state index is -2.74. The maximum absolute atomic E-state index is 10.9. The van der Waals surface area contributed by atoms with E-state index in [1.807, 2.05) is 13.8 Å². The smallest absolute Gasteiger partial charge is 0.294 e. The van der Waals surface area contributed by atoms with Crippen molar-refractivity contribution in [2.24, 2.45) is 5.41 Å². The van der Waals surface area contributed by atoms with E-state index < -0.39 is 25.9 Å². The Balaban J connectivity index is 2.65. The van der Waals surface area contributed by atoms with Crippen LogP contribution in [0.5, 0.6) is 0 Å². The zero-order chi connectivity index (χ0) is 13.1. The van der Waals surface area contributed by atoms with Crippen LogP contribution in [0.2, 0.25) is 0 Å². The van der Waals surface area contributed by atoms with Crippen molar-refractivity contribution >= 4 is 8.25 Å². The molecule has 0 amide bonds. The average molecular weight is 265 g/mol. The molecule has 1 aliphatic heterocycles. The fourth-order valence-corrected chi connectivity index (χ4v) is 2.54. The molecule has 0 bridgehead atoms. The molecule has 1 unspecified atom stereocenters. The van der Waals surface area contributed by atoms with Gasteiger partial charge in [0.2, 0.25) is 0 Å². The Bertz CT molecular complexity index is 273. The molecule has 1 atom stereocenters. The van der Waals surface area contributed by atoms with Crippen LogP contribution in [0.3, 0.4) is 0 Å². The van der Waals surface area contributed by atoms with Crippen molar-refractivity contribution in [1.82, 2.24) is 0 Å². The van der Waals surface area contributed by atoms with Crippen LogP contribution >= 0.6 is 8.25 Å². The summed E-state index contributed by atoms with van der Waals surface area (Å²) in [6, 6.07) is 0. The summed E-state index contributed by atoms with van der Waals surface area (Å²) < 4.78 is 26.7. The Kier molecular flexibility index (Phi) is 5.05. The van der Waals surface area contributed by atoms with E-state index in [2.05, 4.69) is 6.92 Å². The second-order valence-electron chi connectivity index (χ2n) is 5.03. The van der Waals surface area contributed by atoms with Crippen LogP contribution < -0.4 is 0 Å². The first kappa shape index (κ1) is 15.0. The summed E-state index contributed by atoms with van der Waals surface area (Å²) in [6.45, 7) is 7.71. The van der Waals surface area contributed by atoms with Gasteiger partial charge in [0.1, 0.15) is 0 Å². The van der Waals surface area contributed by atoms with Crippen LogP contribution in [0.15, 0.2) is 0 Å². The first-order chi connectivity index (χ1) is 7.83. The molecule has 0 saturated carbocycles. The molecule has 6 heteroatoms. The van der Waals surface area contributed by atoms with E-state index in [-0.39, 0.29) is 0 Å². The lowest BCUT2D eigenvalue weighted by molar-refractivity contribution is -0.547. The second-order valence-corrected chi connectivity index (χ2v) is 5.69. The molecule has 1 N–H and O–H groups in total. The number of rotatable bonds is 7. The monoisotopic (exact) mass is 265 g/mol. The fourth-order valence-electron chi connectivity index (χ4n) is 2.00. The highest BCUT2D eigenvalue weighted by Crippen LogP contribution is 2.51. The van der Waals surface area contributed by atoms with Gasteiger partial charge in [-0.05, 0) is 13.3 Å². The molecule has 1 saturated heterocycles. The molecule has 0 aromatic carbocycles. The summed E-state index contributed by atoms with van der Waals surface area (Å²) in [5.41, 5.74) is -0.456. The summed E-state index contributed by atoms with van der Waals surface area (Å²) in [4.78, 5) is 8.90. The third kappa shape index (κ3) is 3.46. The third-order valence-corrected chi connectivity index (χ3v) is 3.47. The Morgan fingerprint density at radius 3 is 2.41 bits per heavy atom. The molecule has 17 heavy (non-hydrogen) atoms. The van der Waals surface area contributed by atoms with Gasteiger partial charge in [-0.3, -0.25) is 9.47 Å². The lowest BCUT2D eigenvalue weighted by Crippen LogP contribution is -2.61. The lowest BCUT2D eigenvalue weighted by Gasteiger charge is -2.49. The minimum absolute atomic E-state index is 0.393. The van der Waals surface area contributed by atoms with E-state index in [9.17, 15) is 4.57 Å². The van der Waals surface area contributed by atoms with Crippen LogP contribution in [0, 0.1) is 5.41 Å². The van der Waals surface area contributed by atoms with Gasteiger partial charge in [0.15, 0.2) is 6.29 Å². The van der Waals surface area contributed by atoms with Gasteiger partial charge in [-0.15, -0.1) is 4.89 Å². The highest BCUT2D eigenvalue weighted by Gasteiger charge is 2.63. The average Bonchev–Trinajstić information content (AvgIpc) is 2.14. The molecular weight excluding hydrogens is 243 g/mol. The van der Waals surface area contributed by atoms with Gasteiger partial charge in [0.25, 0.3) is 0 Å². The fraction of sp³-hybridized carbons (Fsp3) is 1.00. The molecule has 0 aromatic heterocycles. The molecule has 0 aliphatic carbocycles. The molecule has 1 fully saturated rings. The van der Waals surface area contributed by atoms with E-state index in [0.29, 0.717) is 0 Å². The molecule has 1 aliphatic rings. The summed E-state index contributed by atoms with van der Waals surface area (Å²) in [5.74, 6) is -1.37. The number of hydrogen-bond donors (Lipinski definition) is 1. The highest BCUT2D eigenvalue weighted by molar-refractivity contribution is 7.32. The third-order valence-electron chi connectivity index (χ3n) is 3.07. The normalized spacial score (nSPS) is 29.9. The van der Waals surface area contributed by atoms with E-state index in [0.717, 1.165) is 25.7 Å². The van der Waals surface area contributed by atoms with Crippen molar-refractivity contribution in [3.8, 4) is 0 Å². The van der Waals surface area contributed by atoms with Crippen LogP contribution in [0.25, 0.3) is 0 Å². The molecule has 1 rings (SSSR count). The molecule has 0 aromatic rings. The molecule has 100 valence electrons. The lowest BCUT2D eigenvalue weighted by atomic mass is 9.83. The van der Waals surface area contributed by atoms with Gasteiger partial charge in [0, 0.05) is 4.57 Å². The second kappa shape index (κ2) is 5.72. The Hall–Kier alpha value is -0.0600. The number of ether oxygens (including phenoxy) is 2. The summed E-state index contributed by atoms with van der Waals surface area (Å²) in [6.07, 6.45) is 3.67. The first-order valence-corrected chi connectivity index (χ1v) is 7.17. The Morgan fingerprint density at radius 1 is 1.41 bits per heavy atom. The summed E-state index contributed by atoms with van der Waals surface area (Å²) in [5, 5.41) is 0. The van der Waals surface area contributed by atoms with Crippen molar-refractivity contribution in [3.05, 3.63) is 0 Å². The Morgan fingerprint density at radius 2 is 2.00 bits per heavy atom.